The van der Waals surface area contributed by atoms with E-state index in [9.17, 15) is 5.11 Å². The second-order valence-electron chi connectivity index (χ2n) is 6.04. The predicted molar refractivity (Wildman–Crippen MR) is 74.4 cm³/mol. The molecule has 0 unspecified atom stereocenters. The average molecular weight is 277 g/mol. The van der Waals surface area contributed by atoms with Crippen LogP contribution in [0.5, 0.6) is 0 Å². The zero-order chi connectivity index (χ0) is 14.5. The van der Waals surface area contributed by atoms with Crippen LogP contribution in [0.3, 0.4) is 0 Å². The van der Waals surface area contributed by atoms with Gasteiger partial charge in [-0.05, 0) is 23.7 Å². The molecule has 0 aliphatic heterocycles. The van der Waals surface area contributed by atoms with Crippen molar-refractivity contribution < 1.29 is 5.11 Å². The summed E-state index contributed by atoms with van der Waals surface area (Å²) < 4.78 is 1.73. The summed E-state index contributed by atoms with van der Waals surface area (Å²) in [7, 11) is 0. The lowest BCUT2D eigenvalue weighted by atomic mass is 9.55. The Morgan fingerprint density at radius 2 is 2.05 bits per heavy atom. The number of nitrogens with two attached hydrogens (primary N) is 2. The lowest BCUT2D eigenvalue weighted by Gasteiger charge is -2.51. The first-order valence-electron chi connectivity index (χ1n) is 6.66. The van der Waals surface area contributed by atoms with E-state index in [-0.39, 0.29) is 23.8 Å². The molecule has 8 heteroatoms. The van der Waals surface area contributed by atoms with Crippen LogP contribution in [0.4, 0.5) is 11.8 Å². The van der Waals surface area contributed by atoms with Crippen LogP contribution < -0.4 is 11.5 Å². The molecule has 1 saturated carbocycles. The summed E-state index contributed by atoms with van der Waals surface area (Å²) >= 11 is 0. The van der Waals surface area contributed by atoms with Crippen molar-refractivity contribution in [1.29, 1.82) is 0 Å². The largest absolute Gasteiger partial charge is 0.396 e. The van der Waals surface area contributed by atoms with Crippen LogP contribution in [-0.2, 0) is 6.54 Å². The van der Waals surface area contributed by atoms with E-state index >= 15 is 0 Å². The summed E-state index contributed by atoms with van der Waals surface area (Å²) in [5, 5.41) is 17.4. The third kappa shape index (κ3) is 1.79. The molecular formula is C12H19N7O. The highest BCUT2D eigenvalue weighted by molar-refractivity contribution is 5.81. The Kier molecular flexibility index (Phi) is 2.79. The normalized spacial score (nSPS) is 24.8. The average Bonchev–Trinajstić information content (AvgIpc) is 2.77. The van der Waals surface area contributed by atoms with Gasteiger partial charge < -0.3 is 16.6 Å². The fourth-order valence-corrected chi connectivity index (χ4v) is 2.97. The van der Waals surface area contributed by atoms with Gasteiger partial charge in [0.1, 0.15) is 0 Å². The minimum atomic E-state index is 0.0805. The maximum atomic E-state index is 9.32. The van der Waals surface area contributed by atoms with Gasteiger partial charge in [-0.1, -0.05) is 19.1 Å². The fourth-order valence-electron chi connectivity index (χ4n) is 2.97. The van der Waals surface area contributed by atoms with E-state index in [4.69, 9.17) is 11.5 Å². The molecule has 2 atom stereocenters. The first-order valence-corrected chi connectivity index (χ1v) is 6.66. The van der Waals surface area contributed by atoms with E-state index in [1.54, 1.807) is 4.68 Å². The summed E-state index contributed by atoms with van der Waals surface area (Å²) in [5.74, 6) is 1.13. The lowest BCUT2D eigenvalue weighted by molar-refractivity contribution is -0.0607. The molecule has 20 heavy (non-hydrogen) atoms. The van der Waals surface area contributed by atoms with Crippen LogP contribution in [0.2, 0.25) is 0 Å². The summed E-state index contributed by atoms with van der Waals surface area (Å²) in [6.45, 7) is 5.25. The van der Waals surface area contributed by atoms with Crippen molar-refractivity contribution in [2.45, 2.75) is 26.8 Å². The van der Waals surface area contributed by atoms with Gasteiger partial charge in [0.15, 0.2) is 17.0 Å². The van der Waals surface area contributed by atoms with E-state index in [1.165, 1.54) is 0 Å². The van der Waals surface area contributed by atoms with Crippen LogP contribution in [-0.4, -0.2) is 36.7 Å². The molecule has 2 heterocycles. The van der Waals surface area contributed by atoms with Crippen molar-refractivity contribution in [3.63, 3.8) is 0 Å². The van der Waals surface area contributed by atoms with Crippen LogP contribution in [0, 0.1) is 17.3 Å². The molecule has 0 amide bonds. The predicted octanol–water partition coefficient (Wildman–Crippen LogP) is 0.0403. The van der Waals surface area contributed by atoms with Gasteiger partial charge in [-0.25, -0.2) is 4.68 Å². The number of hydrogen-bond acceptors (Lipinski definition) is 7. The minimum Gasteiger partial charge on any atom is -0.396 e. The highest BCUT2D eigenvalue weighted by Gasteiger charge is 2.47. The van der Waals surface area contributed by atoms with E-state index in [2.05, 4.69) is 34.1 Å². The quantitative estimate of drug-likeness (QED) is 0.722. The van der Waals surface area contributed by atoms with Crippen molar-refractivity contribution in [1.82, 2.24) is 25.0 Å². The summed E-state index contributed by atoms with van der Waals surface area (Å²) in [6.07, 6.45) is 0.973. The lowest BCUT2D eigenvalue weighted by Crippen LogP contribution is -2.48. The molecule has 2 aromatic rings. The van der Waals surface area contributed by atoms with E-state index in [0.29, 0.717) is 29.5 Å². The standard InChI is InChI=1S/C12H19N7O/c1-12(2)6(3-7(12)5-20)4-19-10-8(17-18-19)9(13)15-11(14)16-10/h6-7,20H,3-5H2,1-2H3,(H4,13,14,15,16)/t6-,7+/m1/s1. The van der Waals surface area contributed by atoms with Crippen molar-refractivity contribution in [2.24, 2.45) is 17.3 Å². The van der Waals surface area contributed by atoms with Crippen molar-refractivity contribution in [3.8, 4) is 0 Å². The first-order chi connectivity index (χ1) is 9.43. The molecule has 0 bridgehead atoms. The van der Waals surface area contributed by atoms with Gasteiger partial charge in [-0.15, -0.1) is 5.10 Å². The molecule has 8 nitrogen and oxygen atoms in total. The number of nitrogen functional groups attached to an aromatic ring is 2. The highest BCUT2D eigenvalue weighted by Crippen LogP contribution is 2.51. The Balaban J connectivity index is 1.89. The number of aliphatic hydroxyl groups excluding tert-OH is 1. The zero-order valence-corrected chi connectivity index (χ0v) is 11.6. The minimum absolute atomic E-state index is 0.0805. The molecule has 1 fully saturated rings. The molecule has 1 aliphatic rings. The summed E-state index contributed by atoms with van der Waals surface area (Å²) in [4.78, 5) is 8.05. The van der Waals surface area contributed by atoms with Crippen molar-refractivity contribution >= 4 is 22.9 Å². The number of nitrogens with zero attached hydrogens (tertiary/aromatic N) is 5. The van der Waals surface area contributed by atoms with E-state index in [1.807, 2.05) is 0 Å². The smallest absolute Gasteiger partial charge is 0.224 e. The maximum Gasteiger partial charge on any atom is 0.224 e. The fraction of sp³-hybridized carbons (Fsp3) is 0.667. The van der Waals surface area contributed by atoms with Gasteiger partial charge in [0.05, 0.1) is 0 Å². The molecule has 0 aromatic carbocycles. The van der Waals surface area contributed by atoms with Gasteiger partial charge in [-0.3, -0.25) is 0 Å². The van der Waals surface area contributed by atoms with E-state index in [0.717, 1.165) is 6.42 Å². The van der Waals surface area contributed by atoms with Gasteiger partial charge >= 0.3 is 0 Å². The second kappa shape index (κ2) is 4.27. The van der Waals surface area contributed by atoms with Crippen LogP contribution in [0.1, 0.15) is 20.3 Å². The Bertz CT molecular complexity index is 651. The molecule has 3 rings (SSSR count). The van der Waals surface area contributed by atoms with Gasteiger partial charge in [0.25, 0.3) is 0 Å². The van der Waals surface area contributed by atoms with Crippen LogP contribution in [0.25, 0.3) is 11.2 Å². The second-order valence-corrected chi connectivity index (χ2v) is 6.04. The monoisotopic (exact) mass is 277 g/mol. The number of anilines is 2. The Morgan fingerprint density at radius 3 is 2.70 bits per heavy atom. The van der Waals surface area contributed by atoms with Gasteiger partial charge in [-0.2, -0.15) is 9.97 Å². The molecule has 108 valence electrons. The molecule has 0 spiro atoms. The van der Waals surface area contributed by atoms with Gasteiger partial charge in [0.2, 0.25) is 5.95 Å². The van der Waals surface area contributed by atoms with Gasteiger partial charge in [0, 0.05) is 13.2 Å². The Hall–Kier alpha value is -1.96. The molecule has 5 N–H and O–H groups in total. The van der Waals surface area contributed by atoms with Crippen molar-refractivity contribution in [3.05, 3.63) is 0 Å². The number of fused-ring (bicyclic) bond motifs is 1. The maximum absolute atomic E-state index is 9.32. The molecule has 0 radical (unpaired) electrons. The van der Waals surface area contributed by atoms with Crippen molar-refractivity contribution in [2.75, 3.05) is 18.1 Å². The Morgan fingerprint density at radius 1 is 1.30 bits per heavy atom. The number of hydrogen-bond donors (Lipinski definition) is 3. The van der Waals surface area contributed by atoms with Crippen LogP contribution in [0.15, 0.2) is 0 Å². The first kappa shape index (κ1) is 13.0. The Labute approximate surface area is 116 Å². The van der Waals surface area contributed by atoms with Crippen LogP contribution >= 0.6 is 0 Å². The SMILES string of the molecule is CC1(C)[C@H](CO)C[C@@H]1Cn1nnc2c(N)nc(N)nc21. The molecule has 1 aliphatic carbocycles. The third-order valence-electron chi connectivity index (χ3n) is 4.69. The zero-order valence-electron chi connectivity index (χ0n) is 11.6. The summed E-state index contributed by atoms with van der Waals surface area (Å²) in [6, 6.07) is 0. The molecule has 2 aromatic heterocycles. The van der Waals surface area contributed by atoms with E-state index < -0.39 is 0 Å². The topological polar surface area (TPSA) is 129 Å². The molecule has 0 saturated heterocycles. The number of rotatable bonds is 3. The third-order valence-corrected chi connectivity index (χ3v) is 4.69. The number of aromatic nitrogens is 5. The highest BCUT2D eigenvalue weighted by atomic mass is 16.3. The number of aliphatic hydroxyl groups is 1. The molecular weight excluding hydrogens is 258 g/mol. The summed E-state index contributed by atoms with van der Waals surface area (Å²) in [5.41, 5.74) is 12.5.